The van der Waals surface area contributed by atoms with E-state index in [-0.39, 0.29) is 42.9 Å². The molecule has 1 aromatic carbocycles. The fourth-order valence-corrected chi connectivity index (χ4v) is 1.85. The van der Waals surface area contributed by atoms with Gasteiger partial charge in [0, 0.05) is 6.92 Å². The van der Waals surface area contributed by atoms with E-state index in [1.165, 1.54) is 19.1 Å². The van der Waals surface area contributed by atoms with Crippen LogP contribution in [-0.2, 0) is 9.53 Å². The van der Waals surface area contributed by atoms with Gasteiger partial charge in [0.15, 0.2) is 5.75 Å². The van der Waals surface area contributed by atoms with Crippen LogP contribution in [0.2, 0.25) is 0 Å². The first kappa shape index (κ1) is 15.7. The SMILES string of the molecule is CCOc1c(O)c2cc(OCCOC(C)=O)ccc2oc1=O. The molecular weight excluding hydrogens is 292 g/mol. The first-order valence-corrected chi connectivity index (χ1v) is 6.71. The van der Waals surface area contributed by atoms with Crippen molar-refractivity contribution >= 4 is 16.9 Å². The summed E-state index contributed by atoms with van der Waals surface area (Å²) in [6, 6.07) is 4.61. The van der Waals surface area contributed by atoms with Crippen molar-refractivity contribution in [3.63, 3.8) is 0 Å². The molecule has 0 radical (unpaired) electrons. The van der Waals surface area contributed by atoms with Gasteiger partial charge in [-0.05, 0) is 25.1 Å². The largest absolute Gasteiger partial charge is 0.504 e. The maximum Gasteiger partial charge on any atom is 0.383 e. The van der Waals surface area contributed by atoms with Crippen LogP contribution in [0, 0.1) is 0 Å². The molecular formula is C15H16O7. The number of fused-ring (bicyclic) bond motifs is 1. The van der Waals surface area contributed by atoms with Crippen LogP contribution >= 0.6 is 0 Å². The minimum atomic E-state index is -0.740. The summed E-state index contributed by atoms with van der Waals surface area (Å²) in [6.07, 6.45) is 0. The zero-order valence-corrected chi connectivity index (χ0v) is 12.3. The minimum Gasteiger partial charge on any atom is -0.504 e. The van der Waals surface area contributed by atoms with Crippen LogP contribution in [0.5, 0.6) is 17.2 Å². The maximum atomic E-state index is 11.7. The highest BCUT2D eigenvalue weighted by molar-refractivity contribution is 5.86. The third-order valence-electron chi connectivity index (χ3n) is 2.76. The number of hydrogen-bond donors (Lipinski definition) is 1. The molecule has 0 saturated heterocycles. The molecule has 118 valence electrons. The Morgan fingerprint density at radius 2 is 2.05 bits per heavy atom. The molecule has 0 spiro atoms. The Kier molecular flexibility index (Phi) is 4.88. The van der Waals surface area contributed by atoms with Gasteiger partial charge in [0.2, 0.25) is 5.75 Å². The molecule has 0 saturated carbocycles. The Morgan fingerprint density at radius 3 is 2.73 bits per heavy atom. The standard InChI is InChI=1S/C15H16O7/c1-3-19-14-13(17)11-8-10(21-7-6-20-9(2)16)4-5-12(11)22-15(14)18/h4-5,8,17H,3,6-7H2,1-2H3. The molecule has 2 aromatic rings. The molecule has 0 unspecified atom stereocenters. The molecule has 0 atom stereocenters. The second-order valence-corrected chi connectivity index (χ2v) is 4.35. The number of rotatable bonds is 6. The number of ether oxygens (including phenoxy) is 3. The van der Waals surface area contributed by atoms with Crippen molar-refractivity contribution in [2.24, 2.45) is 0 Å². The highest BCUT2D eigenvalue weighted by Gasteiger charge is 2.15. The van der Waals surface area contributed by atoms with Crippen molar-refractivity contribution in [2.45, 2.75) is 13.8 Å². The molecule has 2 rings (SSSR count). The van der Waals surface area contributed by atoms with Crippen LogP contribution in [0.3, 0.4) is 0 Å². The summed E-state index contributed by atoms with van der Waals surface area (Å²) in [5.74, 6) is -0.472. The average molecular weight is 308 g/mol. The molecule has 0 fully saturated rings. The van der Waals surface area contributed by atoms with Crippen LogP contribution in [-0.4, -0.2) is 30.9 Å². The molecule has 1 heterocycles. The summed E-state index contributed by atoms with van der Waals surface area (Å²) in [5, 5.41) is 10.4. The van der Waals surface area contributed by atoms with Crippen LogP contribution in [0.25, 0.3) is 11.0 Å². The predicted molar refractivity (Wildman–Crippen MR) is 77.4 cm³/mol. The Bertz CT molecular complexity index is 732. The highest BCUT2D eigenvalue weighted by Crippen LogP contribution is 2.33. The van der Waals surface area contributed by atoms with Gasteiger partial charge in [0.05, 0.1) is 12.0 Å². The molecule has 0 aliphatic heterocycles. The van der Waals surface area contributed by atoms with Crippen LogP contribution < -0.4 is 15.1 Å². The topological polar surface area (TPSA) is 95.2 Å². The molecule has 0 aliphatic rings. The number of benzene rings is 1. The minimum absolute atomic E-state index is 0.118. The summed E-state index contributed by atoms with van der Waals surface area (Å²) in [6.45, 7) is 3.51. The first-order chi connectivity index (χ1) is 10.5. The summed E-state index contributed by atoms with van der Waals surface area (Å²) < 4.78 is 20.3. The van der Waals surface area contributed by atoms with Crippen molar-refractivity contribution in [1.29, 1.82) is 0 Å². The molecule has 22 heavy (non-hydrogen) atoms. The molecule has 0 aliphatic carbocycles. The van der Waals surface area contributed by atoms with Gasteiger partial charge in [-0.1, -0.05) is 0 Å². The van der Waals surface area contributed by atoms with Gasteiger partial charge in [0.1, 0.15) is 24.5 Å². The Balaban J connectivity index is 2.25. The van der Waals surface area contributed by atoms with E-state index in [2.05, 4.69) is 0 Å². The van der Waals surface area contributed by atoms with Gasteiger partial charge in [-0.15, -0.1) is 0 Å². The fourth-order valence-electron chi connectivity index (χ4n) is 1.85. The average Bonchev–Trinajstić information content (AvgIpc) is 2.48. The Labute approximate surface area is 126 Å². The van der Waals surface area contributed by atoms with E-state index in [0.717, 1.165) is 0 Å². The van der Waals surface area contributed by atoms with E-state index in [4.69, 9.17) is 18.6 Å². The molecule has 7 nitrogen and oxygen atoms in total. The smallest absolute Gasteiger partial charge is 0.383 e. The Hall–Kier alpha value is -2.70. The maximum absolute atomic E-state index is 11.7. The third kappa shape index (κ3) is 3.49. The molecule has 7 heteroatoms. The Morgan fingerprint density at radius 1 is 1.27 bits per heavy atom. The quantitative estimate of drug-likeness (QED) is 0.494. The van der Waals surface area contributed by atoms with Crippen molar-refractivity contribution in [2.75, 3.05) is 19.8 Å². The predicted octanol–water partition coefficient (Wildman–Crippen LogP) is 1.84. The van der Waals surface area contributed by atoms with E-state index in [0.29, 0.717) is 11.1 Å². The van der Waals surface area contributed by atoms with Gasteiger partial charge in [0.25, 0.3) is 0 Å². The summed E-state index contributed by atoms with van der Waals surface area (Å²) in [5.41, 5.74) is -0.520. The van der Waals surface area contributed by atoms with E-state index >= 15 is 0 Å². The summed E-state index contributed by atoms with van der Waals surface area (Å²) in [7, 11) is 0. The molecule has 1 N–H and O–H groups in total. The molecule has 1 aromatic heterocycles. The van der Waals surface area contributed by atoms with E-state index in [9.17, 15) is 14.7 Å². The summed E-state index contributed by atoms with van der Waals surface area (Å²) >= 11 is 0. The number of carbonyl (C=O) groups excluding carboxylic acids is 1. The van der Waals surface area contributed by atoms with Crippen LogP contribution in [0.15, 0.2) is 27.4 Å². The summed E-state index contributed by atoms with van der Waals surface area (Å²) in [4.78, 5) is 22.3. The third-order valence-corrected chi connectivity index (χ3v) is 2.76. The van der Waals surface area contributed by atoms with Crippen molar-refractivity contribution < 1.29 is 28.5 Å². The lowest BCUT2D eigenvalue weighted by Crippen LogP contribution is -2.09. The molecule has 0 amide bonds. The van der Waals surface area contributed by atoms with Gasteiger partial charge < -0.3 is 23.7 Å². The van der Waals surface area contributed by atoms with Gasteiger partial charge >= 0.3 is 11.6 Å². The zero-order chi connectivity index (χ0) is 16.1. The number of aromatic hydroxyl groups is 1. The van der Waals surface area contributed by atoms with E-state index in [1.54, 1.807) is 13.0 Å². The number of hydrogen-bond acceptors (Lipinski definition) is 7. The van der Waals surface area contributed by atoms with Crippen molar-refractivity contribution in [3.8, 4) is 17.2 Å². The lowest BCUT2D eigenvalue weighted by molar-refractivity contribution is -0.141. The van der Waals surface area contributed by atoms with Crippen molar-refractivity contribution in [1.82, 2.24) is 0 Å². The van der Waals surface area contributed by atoms with Gasteiger partial charge in [-0.2, -0.15) is 0 Å². The number of esters is 1. The highest BCUT2D eigenvalue weighted by atomic mass is 16.6. The van der Waals surface area contributed by atoms with Gasteiger partial charge in [-0.3, -0.25) is 4.79 Å². The van der Waals surface area contributed by atoms with Crippen LogP contribution in [0.4, 0.5) is 0 Å². The number of carbonyl (C=O) groups is 1. The van der Waals surface area contributed by atoms with Crippen molar-refractivity contribution in [3.05, 3.63) is 28.6 Å². The van der Waals surface area contributed by atoms with E-state index in [1.807, 2.05) is 0 Å². The second-order valence-electron chi connectivity index (χ2n) is 4.35. The van der Waals surface area contributed by atoms with E-state index < -0.39 is 5.63 Å². The van der Waals surface area contributed by atoms with Gasteiger partial charge in [-0.25, -0.2) is 4.79 Å². The fraction of sp³-hybridized carbons (Fsp3) is 0.333. The lowest BCUT2D eigenvalue weighted by atomic mass is 10.2. The monoisotopic (exact) mass is 308 g/mol. The zero-order valence-electron chi connectivity index (χ0n) is 12.3. The first-order valence-electron chi connectivity index (χ1n) is 6.71. The lowest BCUT2D eigenvalue weighted by Gasteiger charge is -2.09. The van der Waals surface area contributed by atoms with Crippen LogP contribution in [0.1, 0.15) is 13.8 Å². The normalized spacial score (nSPS) is 10.5. The molecule has 0 bridgehead atoms. The second kappa shape index (κ2) is 6.84.